The molecule has 1 atom stereocenters. The molecule has 1 unspecified atom stereocenters. The van der Waals surface area contributed by atoms with Gasteiger partial charge >= 0.3 is 0 Å². The zero-order chi connectivity index (χ0) is 13.8. The minimum Gasteiger partial charge on any atom is -0.373 e. The predicted molar refractivity (Wildman–Crippen MR) is 75.8 cm³/mol. The van der Waals surface area contributed by atoms with Crippen molar-refractivity contribution < 1.29 is 4.74 Å². The van der Waals surface area contributed by atoms with Gasteiger partial charge in [-0.25, -0.2) is 9.97 Å². The van der Waals surface area contributed by atoms with E-state index >= 15 is 0 Å². The first-order valence-corrected chi connectivity index (χ1v) is 7.18. The third-order valence-corrected chi connectivity index (χ3v) is 3.34. The molecule has 0 bridgehead atoms. The van der Waals surface area contributed by atoms with Crippen LogP contribution in [0.15, 0.2) is 6.07 Å². The van der Waals surface area contributed by atoms with Gasteiger partial charge in [0.25, 0.3) is 0 Å². The van der Waals surface area contributed by atoms with Crippen molar-refractivity contribution in [1.82, 2.24) is 15.3 Å². The van der Waals surface area contributed by atoms with Crippen LogP contribution in [-0.2, 0) is 11.3 Å². The second-order valence-electron chi connectivity index (χ2n) is 5.88. The zero-order valence-corrected chi connectivity index (χ0v) is 12.4. The van der Waals surface area contributed by atoms with Gasteiger partial charge in [-0.05, 0) is 44.2 Å². The molecular weight excluding hydrogens is 238 g/mol. The van der Waals surface area contributed by atoms with Crippen LogP contribution in [0.25, 0.3) is 0 Å². The second kappa shape index (κ2) is 6.44. The van der Waals surface area contributed by atoms with Crippen LogP contribution in [-0.4, -0.2) is 23.6 Å². The highest BCUT2D eigenvalue weighted by Crippen LogP contribution is 2.41. The Bertz CT molecular complexity index is 416. The Hall–Kier alpha value is -1.00. The fraction of sp³-hybridized carbons (Fsp3) is 0.733. The van der Waals surface area contributed by atoms with Crippen LogP contribution < -0.4 is 5.32 Å². The molecule has 1 aliphatic rings. The topological polar surface area (TPSA) is 47.0 Å². The molecule has 0 aliphatic heterocycles. The molecule has 0 spiro atoms. The molecule has 1 aliphatic carbocycles. The standard InChI is InChI=1S/C15H25N3O/c1-10(2)8-16-9-13-7-11(3)17-15(18-13)14(19-4)12-5-6-12/h7,10,12,14,16H,5-6,8-9H2,1-4H3. The molecule has 1 aromatic rings. The van der Waals surface area contributed by atoms with Gasteiger partial charge in [-0.2, -0.15) is 0 Å². The van der Waals surface area contributed by atoms with Crippen LogP contribution in [0.5, 0.6) is 0 Å². The Morgan fingerprint density at radius 3 is 2.68 bits per heavy atom. The van der Waals surface area contributed by atoms with Gasteiger partial charge in [-0.1, -0.05) is 13.8 Å². The van der Waals surface area contributed by atoms with Gasteiger partial charge in [0.05, 0.1) is 5.69 Å². The van der Waals surface area contributed by atoms with Gasteiger partial charge in [0.1, 0.15) is 6.10 Å². The third-order valence-electron chi connectivity index (χ3n) is 3.34. The van der Waals surface area contributed by atoms with E-state index in [0.717, 1.165) is 30.3 Å². The van der Waals surface area contributed by atoms with Crippen molar-refractivity contribution in [2.45, 2.75) is 46.3 Å². The predicted octanol–water partition coefficient (Wildman–Crippen LogP) is 2.63. The first-order chi connectivity index (χ1) is 9.10. The van der Waals surface area contributed by atoms with E-state index in [-0.39, 0.29) is 6.10 Å². The van der Waals surface area contributed by atoms with Crippen LogP contribution in [0.4, 0.5) is 0 Å². The fourth-order valence-electron chi connectivity index (χ4n) is 2.27. The Labute approximate surface area is 116 Å². The molecule has 1 heterocycles. The zero-order valence-electron chi connectivity index (χ0n) is 12.4. The monoisotopic (exact) mass is 263 g/mol. The summed E-state index contributed by atoms with van der Waals surface area (Å²) in [6, 6.07) is 2.05. The second-order valence-corrected chi connectivity index (χ2v) is 5.88. The van der Waals surface area contributed by atoms with Gasteiger partial charge in [-0.3, -0.25) is 0 Å². The lowest BCUT2D eigenvalue weighted by molar-refractivity contribution is 0.0768. The van der Waals surface area contributed by atoms with Gasteiger partial charge in [0.15, 0.2) is 5.82 Å². The van der Waals surface area contributed by atoms with E-state index in [1.54, 1.807) is 7.11 Å². The van der Waals surface area contributed by atoms with Crippen LogP contribution in [0, 0.1) is 18.8 Å². The van der Waals surface area contributed by atoms with E-state index in [1.165, 1.54) is 12.8 Å². The van der Waals surface area contributed by atoms with Crippen molar-refractivity contribution in [2.24, 2.45) is 11.8 Å². The number of hydrogen-bond acceptors (Lipinski definition) is 4. The Morgan fingerprint density at radius 2 is 2.11 bits per heavy atom. The highest BCUT2D eigenvalue weighted by atomic mass is 16.5. The van der Waals surface area contributed by atoms with Gasteiger partial charge in [0.2, 0.25) is 0 Å². The smallest absolute Gasteiger partial charge is 0.157 e. The molecule has 1 saturated carbocycles. The van der Waals surface area contributed by atoms with E-state index in [4.69, 9.17) is 4.74 Å². The van der Waals surface area contributed by atoms with E-state index < -0.39 is 0 Å². The summed E-state index contributed by atoms with van der Waals surface area (Å²) in [5, 5.41) is 3.43. The summed E-state index contributed by atoms with van der Waals surface area (Å²) in [6.45, 7) is 8.25. The number of aryl methyl sites for hydroxylation is 1. The maximum Gasteiger partial charge on any atom is 0.157 e. The maximum absolute atomic E-state index is 5.57. The molecule has 1 aromatic heterocycles. The molecule has 0 saturated heterocycles. The highest BCUT2D eigenvalue weighted by molar-refractivity contribution is 5.12. The van der Waals surface area contributed by atoms with Crippen LogP contribution in [0.3, 0.4) is 0 Å². The summed E-state index contributed by atoms with van der Waals surface area (Å²) in [7, 11) is 1.76. The van der Waals surface area contributed by atoms with Crippen molar-refractivity contribution in [1.29, 1.82) is 0 Å². The van der Waals surface area contributed by atoms with Gasteiger partial charge in [0, 0.05) is 19.3 Å². The van der Waals surface area contributed by atoms with Crippen molar-refractivity contribution in [3.63, 3.8) is 0 Å². The SMILES string of the molecule is COC(c1nc(C)cc(CNCC(C)C)n1)C1CC1. The number of rotatable bonds is 7. The number of methoxy groups -OCH3 is 1. The van der Waals surface area contributed by atoms with E-state index in [9.17, 15) is 0 Å². The van der Waals surface area contributed by atoms with Crippen LogP contribution in [0.2, 0.25) is 0 Å². The highest BCUT2D eigenvalue weighted by Gasteiger charge is 2.34. The molecule has 19 heavy (non-hydrogen) atoms. The molecule has 2 rings (SSSR count). The van der Waals surface area contributed by atoms with E-state index in [2.05, 4.69) is 35.2 Å². The quantitative estimate of drug-likeness (QED) is 0.821. The normalized spacial score (nSPS) is 16.9. The summed E-state index contributed by atoms with van der Waals surface area (Å²) in [4.78, 5) is 9.21. The Kier molecular flexibility index (Phi) is 4.88. The molecular formula is C15H25N3O. The van der Waals surface area contributed by atoms with Crippen molar-refractivity contribution >= 4 is 0 Å². The molecule has 0 radical (unpaired) electrons. The molecule has 4 heteroatoms. The van der Waals surface area contributed by atoms with E-state index in [1.807, 2.05) is 6.92 Å². The number of hydrogen-bond donors (Lipinski definition) is 1. The summed E-state index contributed by atoms with van der Waals surface area (Å²) in [6.07, 6.45) is 2.54. The summed E-state index contributed by atoms with van der Waals surface area (Å²) in [5.41, 5.74) is 2.08. The van der Waals surface area contributed by atoms with Gasteiger partial charge in [-0.15, -0.1) is 0 Å². The lowest BCUT2D eigenvalue weighted by Crippen LogP contribution is -2.21. The average molecular weight is 263 g/mol. The lowest BCUT2D eigenvalue weighted by Gasteiger charge is -2.15. The molecule has 0 aromatic carbocycles. The molecule has 1 N–H and O–H groups in total. The van der Waals surface area contributed by atoms with Crippen molar-refractivity contribution in [3.8, 4) is 0 Å². The molecule has 1 fully saturated rings. The number of nitrogens with zero attached hydrogens (tertiary/aromatic N) is 2. The largest absolute Gasteiger partial charge is 0.373 e. The third kappa shape index (κ3) is 4.25. The number of ether oxygens (including phenoxy) is 1. The minimum absolute atomic E-state index is 0.0729. The van der Waals surface area contributed by atoms with Gasteiger partial charge < -0.3 is 10.1 Å². The van der Waals surface area contributed by atoms with Crippen molar-refractivity contribution in [2.75, 3.05) is 13.7 Å². The lowest BCUT2D eigenvalue weighted by atomic mass is 10.2. The first-order valence-electron chi connectivity index (χ1n) is 7.18. The summed E-state index contributed by atoms with van der Waals surface area (Å²) < 4.78 is 5.57. The van der Waals surface area contributed by atoms with Crippen LogP contribution >= 0.6 is 0 Å². The Morgan fingerprint density at radius 1 is 1.37 bits per heavy atom. The minimum atomic E-state index is 0.0729. The van der Waals surface area contributed by atoms with Crippen LogP contribution in [0.1, 0.15) is 50.0 Å². The summed E-state index contributed by atoms with van der Waals surface area (Å²) >= 11 is 0. The number of aromatic nitrogens is 2. The first kappa shape index (κ1) is 14.4. The molecule has 106 valence electrons. The maximum atomic E-state index is 5.57. The molecule has 0 amide bonds. The summed E-state index contributed by atoms with van der Waals surface area (Å²) in [5.74, 6) is 2.12. The Balaban J connectivity index is 2.05. The average Bonchev–Trinajstić information content (AvgIpc) is 3.13. The van der Waals surface area contributed by atoms with E-state index in [0.29, 0.717) is 11.8 Å². The van der Waals surface area contributed by atoms with Crippen molar-refractivity contribution in [3.05, 3.63) is 23.3 Å². The fourth-order valence-corrected chi connectivity index (χ4v) is 2.27. The molecule has 4 nitrogen and oxygen atoms in total. The number of nitrogens with one attached hydrogen (secondary N) is 1.